The van der Waals surface area contributed by atoms with E-state index >= 15 is 0 Å². The van der Waals surface area contributed by atoms with Crippen molar-refractivity contribution >= 4 is 29.9 Å². The summed E-state index contributed by atoms with van der Waals surface area (Å²) in [5.74, 6) is 1.13. The maximum atomic E-state index is 12.9. The van der Waals surface area contributed by atoms with Crippen LogP contribution in [-0.4, -0.2) is 36.7 Å². The Morgan fingerprint density at radius 1 is 1.22 bits per heavy atom. The first-order valence-corrected chi connectivity index (χ1v) is 8.92. The first-order chi connectivity index (χ1) is 12.6. The summed E-state index contributed by atoms with van der Waals surface area (Å²) in [6.45, 7) is 8.10. The van der Waals surface area contributed by atoms with Crippen LogP contribution in [0.3, 0.4) is 0 Å². The summed E-state index contributed by atoms with van der Waals surface area (Å²) >= 11 is 0. The minimum atomic E-state index is -0.272. The largest absolute Gasteiger partial charge is 0.489 e. The van der Waals surface area contributed by atoms with Gasteiger partial charge < -0.3 is 15.4 Å². The number of pyridine rings is 1. The molecule has 0 bridgehead atoms. The number of aromatic nitrogens is 1. The number of nitrogens with zero attached hydrogens (tertiary/aromatic N) is 2. The molecule has 0 spiro atoms. The molecule has 7 heteroatoms. The van der Waals surface area contributed by atoms with Gasteiger partial charge in [0.05, 0.1) is 6.54 Å². The highest BCUT2D eigenvalue weighted by atomic mass is 127. The zero-order valence-corrected chi connectivity index (χ0v) is 18.4. The van der Waals surface area contributed by atoms with E-state index in [1.54, 1.807) is 12.1 Å². The number of halogens is 2. The predicted octanol–water partition coefficient (Wildman–Crippen LogP) is 3.71. The van der Waals surface area contributed by atoms with Gasteiger partial charge in [0.2, 0.25) is 0 Å². The normalized spacial score (nSPS) is 12.1. The Kier molecular flexibility index (Phi) is 10.7. The van der Waals surface area contributed by atoms with E-state index in [1.165, 1.54) is 23.3 Å². The molecule has 2 rings (SSSR count). The average molecular weight is 486 g/mol. The molecule has 1 atom stereocenters. The highest BCUT2D eigenvalue weighted by Gasteiger charge is 2.05. The summed E-state index contributed by atoms with van der Waals surface area (Å²) in [6.07, 6.45) is 4.48. The molecule has 1 heterocycles. The Hall–Kier alpha value is -1.90. The first-order valence-electron chi connectivity index (χ1n) is 8.92. The molecule has 1 aromatic carbocycles. The van der Waals surface area contributed by atoms with Gasteiger partial charge in [-0.15, -0.1) is 24.0 Å². The number of benzene rings is 1. The number of hydrogen-bond donors (Lipinski definition) is 2. The van der Waals surface area contributed by atoms with Crippen LogP contribution in [0.5, 0.6) is 5.75 Å². The third-order valence-electron chi connectivity index (χ3n) is 3.82. The molecule has 5 nitrogen and oxygen atoms in total. The molecule has 1 unspecified atom stereocenters. The van der Waals surface area contributed by atoms with Crippen molar-refractivity contribution < 1.29 is 9.13 Å². The van der Waals surface area contributed by atoms with Crippen LogP contribution in [0.15, 0.2) is 47.7 Å². The fraction of sp³-hybridized carbons (Fsp3) is 0.400. The number of guanidine groups is 1. The Bertz CT molecular complexity index is 709. The van der Waals surface area contributed by atoms with Gasteiger partial charge in [0, 0.05) is 25.5 Å². The minimum absolute atomic E-state index is 0. The Labute approximate surface area is 177 Å². The van der Waals surface area contributed by atoms with E-state index in [-0.39, 0.29) is 35.9 Å². The van der Waals surface area contributed by atoms with E-state index in [2.05, 4.69) is 27.5 Å². The van der Waals surface area contributed by atoms with Gasteiger partial charge in [0.1, 0.15) is 17.7 Å². The van der Waals surface area contributed by atoms with Crippen LogP contribution in [0.25, 0.3) is 0 Å². The van der Waals surface area contributed by atoms with Crippen LogP contribution >= 0.6 is 24.0 Å². The highest BCUT2D eigenvalue weighted by molar-refractivity contribution is 14.0. The second-order valence-electron chi connectivity index (χ2n) is 6.08. The number of aliphatic imine (C=N–C) groups is 1. The average Bonchev–Trinajstić information content (AvgIpc) is 2.63. The van der Waals surface area contributed by atoms with Crippen molar-refractivity contribution in [3.63, 3.8) is 0 Å². The highest BCUT2D eigenvalue weighted by Crippen LogP contribution is 2.13. The van der Waals surface area contributed by atoms with E-state index in [4.69, 9.17) is 4.74 Å². The topological polar surface area (TPSA) is 58.5 Å². The van der Waals surface area contributed by atoms with Gasteiger partial charge in [-0.3, -0.25) is 4.98 Å². The van der Waals surface area contributed by atoms with Crippen molar-refractivity contribution in [2.75, 3.05) is 19.6 Å². The Morgan fingerprint density at radius 3 is 2.63 bits per heavy atom. The lowest BCUT2D eigenvalue weighted by Gasteiger charge is -2.15. The summed E-state index contributed by atoms with van der Waals surface area (Å²) in [4.78, 5) is 8.68. The molecular formula is C20H28FIN4O. The van der Waals surface area contributed by atoms with Crippen LogP contribution in [0.2, 0.25) is 0 Å². The van der Waals surface area contributed by atoms with Crippen LogP contribution in [0.4, 0.5) is 4.39 Å². The number of hydrogen-bond acceptors (Lipinski definition) is 3. The molecule has 0 amide bonds. The molecule has 2 N–H and O–H groups in total. The molecule has 0 aliphatic rings. The quantitative estimate of drug-likeness (QED) is 0.340. The van der Waals surface area contributed by atoms with Crippen molar-refractivity contribution in [3.8, 4) is 5.75 Å². The van der Waals surface area contributed by atoms with E-state index in [1.807, 2.05) is 32.3 Å². The maximum Gasteiger partial charge on any atom is 0.191 e. The number of ether oxygens (including phenoxy) is 1. The van der Waals surface area contributed by atoms with E-state index in [9.17, 15) is 4.39 Å². The van der Waals surface area contributed by atoms with Crippen molar-refractivity contribution in [1.29, 1.82) is 0 Å². The maximum absolute atomic E-state index is 12.9. The molecule has 1 aromatic heterocycles. The molecule has 2 aromatic rings. The molecule has 148 valence electrons. The lowest BCUT2D eigenvalue weighted by molar-refractivity contribution is 0.230. The summed E-state index contributed by atoms with van der Waals surface area (Å²) in [6, 6.07) is 8.06. The molecule has 0 saturated carbocycles. The molecule has 27 heavy (non-hydrogen) atoms. The third-order valence-corrected chi connectivity index (χ3v) is 3.82. The fourth-order valence-corrected chi connectivity index (χ4v) is 2.44. The standard InChI is InChI=1S/C20H27FN4O.HI/c1-4-23-20(24-12-10-17-9-11-22-13-15(17)2)25-14-16(3)26-19-7-5-18(21)6-8-19;/h5-9,11,13,16H,4,10,12,14H2,1-3H3,(H2,23,24,25);1H. The summed E-state index contributed by atoms with van der Waals surface area (Å²) < 4.78 is 18.7. The molecule has 0 aliphatic heterocycles. The zero-order valence-electron chi connectivity index (χ0n) is 16.0. The van der Waals surface area contributed by atoms with Crippen LogP contribution < -0.4 is 15.4 Å². The molecule has 0 radical (unpaired) electrons. The fourth-order valence-electron chi connectivity index (χ4n) is 2.44. The van der Waals surface area contributed by atoms with Crippen molar-refractivity contribution in [3.05, 3.63) is 59.7 Å². The molecule has 0 fully saturated rings. The van der Waals surface area contributed by atoms with Gasteiger partial charge in [0.15, 0.2) is 5.96 Å². The Balaban J connectivity index is 0.00000364. The smallest absolute Gasteiger partial charge is 0.191 e. The predicted molar refractivity (Wildman–Crippen MR) is 119 cm³/mol. The van der Waals surface area contributed by atoms with Gasteiger partial charge in [-0.2, -0.15) is 0 Å². The molecule has 0 aliphatic carbocycles. The summed E-state index contributed by atoms with van der Waals surface area (Å²) in [5, 5.41) is 6.57. The van der Waals surface area contributed by atoms with Gasteiger partial charge >= 0.3 is 0 Å². The first kappa shape index (κ1) is 23.1. The minimum Gasteiger partial charge on any atom is -0.489 e. The second-order valence-corrected chi connectivity index (χ2v) is 6.08. The van der Waals surface area contributed by atoms with Crippen LogP contribution in [0, 0.1) is 12.7 Å². The summed E-state index contributed by atoms with van der Waals surface area (Å²) in [7, 11) is 0. The SMILES string of the molecule is CCNC(=NCC(C)Oc1ccc(F)cc1)NCCc1ccncc1C.I. The van der Waals surface area contributed by atoms with Gasteiger partial charge in [-0.25, -0.2) is 9.38 Å². The number of aryl methyl sites for hydroxylation is 1. The second kappa shape index (κ2) is 12.5. The van der Waals surface area contributed by atoms with Gasteiger partial charge in [-0.1, -0.05) is 0 Å². The lowest BCUT2D eigenvalue weighted by Crippen LogP contribution is -2.39. The molecular weight excluding hydrogens is 458 g/mol. The van der Waals surface area contributed by atoms with Gasteiger partial charge in [-0.05, 0) is 68.7 Å². The van der Waals surface area contributed by atoms with Crippen molar-refractivity contribution in [1.82, 2.24) is 15.6 Å². The van der Waals surface area contributed by atoms with E-state index in [0.29, 0.717) is 12.3 Å². The van der Waals surface area contributed by atoms with E-state index in [0.717, 1.165) is 25.5 Å². The zero-order chi connectivity index (χ0) is 18.8. The summed E-state index contributed by atoms with van der Waals surface area (Å²) in [5.41, 5.74) is 2.47. The van der Waals surface area contributed by atoms with E-state index < -0.39 is 0 Å². The van der Waals surface area contributed by atoms with Crippen LogP contribution in [0.1, 0.15) is 25.0 Å². The monoisotopic (exact) mass is 486 g/mol. The Morgan fingerprint density at radius 2 is 1.96 bits per heavy atom. The van der Waals surface area contributed by atoms with Crippen molar-refractivity contribution in [2.45, 2.75) is 33.3 Å². The van der Waals surface area contributed by atoms with Crippen molar-refractivity contribution in [2.24, 2.45) is 4.99 Å². The lowest BCUT2D eigenvalue weighted by atomic mass is 10.1. The van der Waals surface area contributed by atoms with Gasteiger partial charge in [0.25, 0.3) is 0 Å². The van der Waals surface area contributed by atoms with Crippen LogP contribution in [-0.2, 0) is 6.42 Å². The molecule has 0 saturated heterocycles. The number of rotatable bonds is 8. The number of nitrogens with one attached hydrogen (secondary N) is 2. The third kappa shape index (κ3) is 8.55.